The van der Waals surface area contributed by atoms with Crippen LogP contribution < -0.4 is 11.5 Å². The van der Waals surface area contributed by atoms with Gasteiger partial charge in [0, 0.05) is 22.5 Å². The van der Waals surface area contributed by atoms with Crippen LogP contribution in [0.5, 0.6) is 0 Å². The van der Waals surface area contributed by atoms with Gasteiger partial charge in [-0.25, -0.2) is 0 Å². The summed E-state index contributed by atoms with van der Waals surface area (Å²) in [5.41, 5.74) is 15.4. The molecule has 0 saturated carbocycles. The van der Waals surface area contributed by atoms with Gasteiger partial charge in [-0.15, -0.1) is 0 Å². The Hall–Kier alpha value is -2.29. The fraction of sp³-hybridized carbons (Fsp3) is 0. The Balaban J connectivity index is 2.49. The number of nitrogen functional groups attached to an aromatic ring is 2. The molecule has 16 heavy (non-hydrogen) atoms. The first-order valence-electron chi connectivity index (χ1n) is 4.91. The number of carbonyl (C=O) groups is 1. The van der Waals surface area contributed by atoms with E-state index in [0.29, 0.717) is 16.9 Å². The third-order valence-corrected chi connectivity index (χ3v) is 2.44. The second-order valence-corrected chi connectivity index (χ2v) is 3.59. The van der Waals surface area contributed by atoms with Crippen LogP contribution in [0.2, 0.25) is 0 Å². The van der Waals surface area contributed by atoms with Crippen molar-refractivity contribution in [3.63, 3.8) is 0 Å². The van der Waals surface area contributed by atoms with E-state index in [1.54, 1.807) is 24.3 Å². The van der Waals surface area contributed by atoms with Crippen LogP contribution in [0.1, 0.15) is 10.4 Å². The molecule has 0 aliphatic carbocycles. The van der Waals surface area contributed by atoms with E-state index in [2.05, 4.69) is 0 Å². The molecule has 0 spiro atoms. The number of aldehydes is 1. The minimum atomic E-state index is 0.645. The summed E-state index contributed by atoms with van der Waals surface area (Å²) in [6.45, 7) is 0. The topological polar surface area (TPSA) is 69.1 Å². The number of rotatable bonds is 2. The van der Waals surface area contributed by atoms with Crippen molar-refractivity contribution in [3.8, 4) is 11.1 Å². The molecule has 0 radical (unpaired) electrons. The van der Waals surface area contributed by atoms with E-state index in [0.717, 1.165) is 17.4 Å². The molecule has 0 amide bonds. The van der Waals surface area contributed by atoms with Crippen LogP contribution in [-0.2, 0) is 0 Å². The molecular weight excluding hydrogens is 200 g/mol. The molecule has 80 valence electrons. The van der Waals surface area contributed by atoms with Crippen molar-refractivity contribution >= 4 is 17.7 Å². The quantitative estimate of drug-likeness (QED) is 0.593. The molecule has 0 aromatic heterocycles. The summed E-state index contributed by atoms with van der Waals surface area (Å²) in [5, 5.41) is 0. The maximum Gasteiger partial charge on any atom is 0.150 e. The Labute approximate surface area is 93.7 Å². The largest absolute Gasteiger partial charge is 0.399 e. The molecule has 2 aromatic carbocycles. The fourth-order valence-electron chi connectivity index (χ4n) is 1.57. The number of nitrogens with two attached hydrogens (primary N) is 2. The third kappa shape index (κ3) is 1.88. The zero-order chi connectivity index (χ0) is 11.5. The fourth-order valence-corrected chi connectivity index (χ4v) is 1.57. The first kappa shape index (κ1) is 10.2. The lowest BCUT2D eigenvalue weighted by Crippen LogP contribution is -1.93. The monoisotopic (exact) mass is 212 g/mol. The first-order chi connectivity index (χ1) is 7.70. The minimum Gasteiger partial charge on any atom is -0.399 e. The SMILES string of the molecule is Nc1ccc(N)c(-c2ccc(C=O)cc2)c1. The lowest BCUT2D eigenvalue weighted by atomic mass is 10.0. The van der Waals surface area contributed by atoms with E-state index < -0.39 is 0 Å². The summed E-state index contributed by atoms with van der Waals surface area (Å²) in [7, 11) is 0. The number of benzene rings is 2. The van der Waals surface area contributed by atoms with Gasteiger partial charge in [0.15, 0.2) is 0 Å². The van der Waals surface area contributed by atoms with Crippen molar-refractivity contribution < 1.29 is 4.79 Å². The van der Waals surface area contributed by atoms with Gasteiger partial charge in [-0.1, -0.05) is 24.3 Å². The van der Waals surface area contributed by atoms with Gasteiger partial charge in [-0.2, -0.15) is 0 Å². The second-order valence-electron chi connectivity index (χ2n) is 3.59. The number of hydrogen-bond acceptors (Lipinski definition) is 3. The molecule has 0 unspecified atom stereocenters. The van der Waals surface area contributed by atoms with Gasteiger partial charge in [-0.05, 0) is 23.8 Å². The smallest absolute Gasteiger partial charge is 0.150 e. The Bertz CT molecular complexity index is 518. The Morgan fingerprint density at radius 1 is 0.938 bits per heavy atom. The third-order valence-electron chi connectivity index (χ3n) is 2.44. The average molecular weight is 212 g/mol. The first-order valence-corrected chi connectivity index (χ1v) is 4.91. The van der Waals surface area contributed by atoms with Crippen LogP contribution in [0.15, 0.2) is 42.5 Å². The van der Waals surface area contributed by atoms with Gasteiger partial charge in [0.25, 0.3) is 0 Å². The number of anilines is 2. The normalized spacial score (nSPS) is 10.0. The van der Waals surface area contributed by atoms with Crippen molar-refractivity contribution in [2.75, 3.05) is 11.5 Å². The minimum absolute atomic E-state index is 0.645. The molecule has 0 aliphatic rings. The number of carbonyl (C=O) groups excluding carboxylic acids is 1. The van der Waals surface area contributed by atoms with E-state index in [9.17, 15) is 4.79 Å². The summed E-state index contributed by atoms with van der Waals surface area (Å²) < 4.78 is 0. The maximum absolute atomic E-state index is 10.5. The predicted octanol–water partition coefficient (Wildman–Crippen LogP) is 2.33. The van der Waals surface area contributed by atoms with Crippen molar-refractivity contribution in [3.05, 3.63) is 48.0 Å². The molecule has 2 rings (SSSR count). The van der Waals surface area contributed by atoms with E-state index >= 15 is 0 Å². The zero-order valence-corrected chi connectivity index (χ0v) is 8.68. The van der Waals surface area contributed by atoms with E-state index in [-0.39, 0.29) is 0 Å². The Morgan fingerprint density at radius 3 is 2.25 bits per heavy atom. The highest BCUT2D eigenvalue weighted by molar-refractivity contribution is 5.81. The van der Waals surface area contributed by atoms with Crippen LogP contribution in [0.3, 0.4) is 0 Å². The highest BCUT2D eigenvalue weighted by atomic mass is 16.1. The lowest BCUT2D eigenvalue weighted by Gasteiger charge is -2.07. The summed E-state index contributed by atoms with van der Waals surface area (Å²) in [5.74, 6) is 0. The zero-order valence-electron chi connectivity index (χ0n) is 8.68. The molecule has 0 aliphatic heterocycles. The predicted molar refractivity (Wildman–Crippen MR) is 66.1 cm³/mol. The summed E-state index contributed by atoms with van der Waals surface area (Å²) in [6.07, 6.45) is 0.812. The van der Waals surface area contributed by atoms with Gasteiger partial charge in [0.2, 0.25) is 0 Å². The molecule has 3 heteroatoms. The highest BCUT2D eigenvalue weighted by Gasteiger charge is 2.02. The summed E-state index contributed by atoms with van der Waals surface area (Å²) in [4.78, 5) is 10.5. The van der Waals surface area contributed by atoms with Gasteiger partial charge < -0.3 is 11.5 Å². The van der Waals surface area contributed by atoms with Crippen molar-refractivity contribution in [1.29, 1.82) is 0 Å². The molecule has 0 saturated heterocycles. The molecule has 2 aromatic rings. The Morgan fingerprint density at radius 2 is 1.62 bits per heavy atom. The molecule has 0 heterocycles. The van der Waals surface area contributed by atoms with E-state index in [1.807, 2.05) is 18.2 Å². The molecule has 0 bridgehead atoms. The molecule has 0 atom stereocenters. The summed E-state index contributed by atoms with van der Waals surface area (Å²) >= 11 is 0. The Kier molecular flexibility index (Phi) is 2.60. The van der Waals surface area contributed by atoms with Gasteiger partial charge in [-0.3, -0.25) is 4.79 Å². The van der Waals surface area contributed by atoms with Gasteiger partial charge in [0.1, 0.15) is 6.29 Å². The second kappa shape index (κ2) is 4.06. The standard InChI is InChI=1S/C13H12N2O/c14-11-5-6-13(15)12(7-11)10-3-1-9(8-16)2-4-10/h1-8H,14-15H2. The van der Waals surface area contributed by atoms with Crippen molar-refractivity contribution in [2.45, 2.75) is 0 Å². The van der Waals surface area contributed by atoms with Crippen molar-refractivity contribution in [2.24, 2.45) is 0 Å². The van der Waals surface area contributed by atoms with Gasteiger partial charge >= 0.3 is 0 Å². The van der Waals surface area contributed by atoms with Crippen LogP contribution in [-0.4, -0.2) is 6.29 Å². The lowest BCUT2D eigenvalue weighted by molar-refractivity contribution is 0.112. The van der Waals surface area contributed by atoms with E-state index in [1.165, 1.54) is 0 Å². The highest BCUT2D eigenvalue weighted by Crippen LogP contribution is 2.27. The average Bonchev–Trinajstić information content (AvgIpc) is 2.32. The van der Waals surface area contributed by atoms with Crippen LogP contribution >= 0.6 is 0 Å². The van der Waals surface area contributed by atoms with E-state index in [4.69, 9.17) is 11.5 Å². The van der Waals surface area contributed by atoms with Gasteiger partial charge in [0.05, 0.1) is 0 Å². The molecule has 3 nitrogen and oxygen atoms in total. The van der Waals surface area contributed by atoms with Crippen LogP contribution in [0, 0.1) is 0 Å². The van der Waals surface area contributed by atoms with Crippen molar-refractivity contribution in [1.82, 2.24) is 0 Å². The molecular formula is C13H12N2O. The van der Waals surface area contributed by atoms with Crippen LogP contribution in [0.25, 0.3) is 11.1 Å². The number of hydrogen-bond donors (Lipinski definition) is 2. The molecule has 0 fully saturated rings. The molecule has 4 N–H and O–H groups in total. The maximum atomic E-state index is 10.5. The summed E-state index contributed by atoms with van der Waals surface area (Å²) in [6, 6.07) is 12.6. The van der Waals surface area contributed by atoms with Crippen LogP contribution in [0.4, 0.5) is 11.4 Å².